The van der Waals surface area contributed by atoms with Gasteiger partial charge in [0, 0.05) is 37.7 Å². The Kier molecular flexibility index (Phi) is 10.9. The van der Waals surface area contributed by atoms with Crippen LogP contribution in [-0.2, 0) is 32.0 Å². The third kappa shape index (κ3) is 8.71. The molecule has 1 aliphatic rings. The first-order chi connectivity index (χ1) is 22.5. The van der Waals surface area contributed by atoms with Crippen LogP contribution in [0.2, 0.25) is 0 Å². The number of anilines is 3. The molecule has 2 aromatic heterocycles. The molecular formula is C31H29F3N6O4S3. The first kappa shape index (κ1) is 34.0. The fourth-order valence-corrected chi connectivity index (χ4v) is 7.13. The van der Waals surface area contributed by atoms with Crippen LogP contribution in [0.25, 0.3) is 10.6 Å². The normalized spacial score (nSPS) is 14.7. The van der Waals surface area contributed by atoms with E-state index in [1.165, 1.54) is 35.6 Å². The van der Waals surface area contributed by atoms with E-state index in [1.807, 2.05) is 0 Å². The van der Waals surface area contributed by atoms with Crippen LogP contribution in [0.15, 0.2) is 101 Å². The molecule has 2 aromatic carbocycles. The molecule has 1 aliphatic heterocycles. The first-order valence-electron chi connectivity index (χ1n) is 14.1. The number of hydrogen-bond donors (Lipinski definition) is 2. The van der Waals surface area contributed by atoms with Gasteiger partial charge in [0.2, 0.25) is 5.95 Å². The summed E-state index contributed by atoms with van der Waals surface area (Å²) >= 11 is 1.43. The van der Waals surface area contributed by atoms with Crippen LogP contribution < -0.4 is 14.9 Å². The van der Waals surface area contributed by atoms with Crippen molar-refractivity contribution in [2.24, 2.45) is 0 Å². The summed E-state index contributed by atoms with van der Waals surface area (Å²) in [5, 5.41) is 3.81. The predicted octanol–water partition coefficient (Wildman–Crippen LogP) is 5.64. The molecule has 5 rings (SSSR count). The van der Waals surface area contributed by atoms with E-state index in [9.17, 15) is 25.8 Å². The average molecular weight is 703 g/mol. The Balaban J connectivity index is 1.39. The van der Waals surface area contributed by atoms with Crippen molar-refractivity contribution >= 4 is 48.9 Å². The molecule has 1 atom stereocenters. The molecule has 0 spiro atoms. The van der Waals surface area contributed by atoms with Gasteiger partial charge in [-0.1, -0.05) is 42.2 Å². The average Bonchev–Trinajstić information content (AvgIpc) is 3.47. The Morgan fingerprint density at radius 1 is 1.13 bits per heavy atom. The number of aromatic nitrogens is 3. The molecule has 1 unspecified atom stereocenters. The van der Waals surface area contributed by atoms with Gasteiger partial charge in [-0.2, -0.15) is 0 Å². The van der Waals surface area contributed by atoms with Gasteiger partial charge in [-0.15, -0.1) is 0 Å². The second kappa shape index (κ2) is 15.0. The number of morpholine rings is 1. The molecule has 1 fully saturated rings. The van der Waals surface area contributed by atoms with Crippen molar-refractivity contribution in [2.75, 3.05) is 42.8 Å². The molecule has 0 bridgehead atoms. The summed E-state index contributed by atoms with van der Waals surface area (Å²) in [5.74, 6) is -2.80. The molecule has 0 radical (unpaired) electrons. The fraction of sp³-hybridized carbons (Fsp3) is 0.194. The number of sulfone groups is 1. The van der Waals surface area contributed by atoms with E-state index in [4.69, 9.17) is 9.72 Å². The van der Waals surface area contributed by atoms with E-state index < -0.39 is 43.2 Å². The van der Waals surface area contributed by atoms with Crippen LogP contribution in [-0.4, -0.2) is 60.1 Å². The number of benzene rings is 2. The maximum absolute atomic E-state index is 14.2. The van der Waals surface area contributed by atoms with Gasteiger partial charge >= 0.3 is 0 Å². The van der Waals surface area contributed by atoms with Gasteiger partial charge in [0.15, 0.2) is 26.0 Å². The van der Waals surface area contributed by atoms with E-state index >= 15 is 0 Å². The molecule has 47 heavy (non-hydrogen) atoms. The van der Waals surface area contributed by atoms with E-state index in [-0.39, 0.29) is 23.0 Å². The predicted molar refractivity (Wildman–Crippen MR) is 176 cm³/mol. The minimum absolute atomic E-state index is 0.153. The monoisotopic (exact) mass is 702 g/mol. The second-order valence-corrected chi connectivity index (χ2v) is 14.2. The summed E-state index contributed by atoms with van der Waals surface area (Å²) in [6.07, 6.45) is 7.42. The van der Waals surface area contributed by atoms with Crippen molar-refractivity contribution in [3.63, 3.8) is 0 Å². The summed E-state index contributed by atoms with van der Waals surface area (Å²) in [6, 6.07) is 11.1. The zero-order valence-electron chi connectivity index (χ0n) is 25.0. The highest BCUT2D eigenvalue weighted by atomic mass is 32.2. The van der Waals surface area contributed by atoms with Gasteiger partial charge in [-0.05, 0) is 42.5 Å². The van der Waals surface area contributed by atoms with Crippen LogP contribution in [0, 0.1) is 11.6 Å². The molecule has 0 aliphatic carbocycles. The Bertz CT molecular complexity index is 1960. The zero-order chi connectivity index (χ0) is 33.6. The van der Waals surface area contributed by atoms with E-state index in [0.717, 1.165) is 34.5 Å². The standard InChI is InChI=1S/C31H29F3N6O4S3/c1-20(32)25(39-46(41)29-23(33)9-6-10-24(29)34)11-3-4-12-26-28(45-31(38-26)40-15-17-44-18-16-40)27-13-14-35-30(37-27)36-21-7-5-8-22(19-21)47(2,42)43/h3-11,13-14,19,39H,1,12,15-18H2,2H3,(H,35,36,37)/b4-3-,25-11+. The quantitative estimate of drug-likeness (QED) is 0.181. The molecule has 3 heterocycles. The van der Waals surface area contributed by atoms with Crippen molar-refractivity contribution in [2.45, 2.75) is 16.2 Å². The Morgan fingerprint density at radius 3 is 2.55 bits per heavy atom. The number of thiazole rings is 1. The Labute approximate surface area is 276 Å². The summed E-state index contributed by atoms with van der Waals surface area (Å²) in [7, 11) is -5.84. The van der Waals surface area contributed by atoms with Gasteiger partial charge in [0.25, 0.3) is 0 Å². The lowest BCUT2D eigenvalue weighted by Gasteiger charge is -2.26. The number of nitrogens with one attached hydrogen (secondary N) is 2. The van der Waals surface area contributed by atoms with Crippen molar-refractivity contribution in [1.82, 2.24) is 19.7 Å². The minimum atomic E-state index is -3.41. The number of hydrogen-bond acceptors (Lipinski definition) is 10. The SMILES string of the molecule is C=C(F)/C(=C\C=C/Cc1nc(N2CCOCC2)sc1-c1ccnc(Nc2cccc(S(C)(=O)=O)c2)n1)NS(=O)c1c(F)cccc1F. The highest BCUT2D eigenvalue weighted by Gasteiger charge is 2.21. The first-order valence-corrected chi connectivity index (χ1v) is 17.9. The van der Waals surface area contributed by atoms with Gasteiger partial charge in [0.05, 0.1) is 40.1 Å². The van der Waals surface area contributed by atoms with E-state index in [0.29, 0.717) is 43.4 Å². The number of rotatable bonds is 12. The fourth-order valence-electron chi connectivity index (χ4n) is 4.38. The zero-order valence-corrected chi connectivity index (χ0v) is 27.4. The smallest absolute Gasteiger partial charge is 0.227 e. The van der Waals surface area contributed by atoms with E-state index in [2.05, 4.69) is 31.5 Å². The minimum Gasteiger partial charge on any atom is -0.378 e. The number of nitrogens with zero attached hydrogens (tertiary/aromatic N) is 4. The third-order valence-corrected chi connectivity index (χ3v) is 10.1. The largest absolute Gasteiger partial charge is 0.378 e. The molecule has 1 saturated heterocycles. The maximum atomic E-state index is 14.2. The molecular weight excluding hydrogens is 674 g/mol. The van der Waals surface area contributed by atoms with Crippen LogP contribution in [0.5, 0.6) is 0 Å². The topological polar surface area (TPSA) is 126 Å². The van der Waals surface area contributed by atoms with Crippen molar-refractivity contribution in [1.29, 1.82) is 0 Å². The summed E-state index contributed by atoms with van der Waals surface area (Å²) in [5.41, 5.74) is 1.41. The lowest BCUT2D eigenvalue weighted by Crippen LogP contribution is -2.36. The van der Waals surface area contributed by atoms with Gasteiger partial charge in [0.1, 0.15) is 22.4 Å². The van der Waals surface area contributed by atoms with Crippen molar-refractivity contribution in [3.8, 4) is 10.6 Å². The van der Waals surface area contributed by atoms with Crippen LogP contribution >= 0.6 is 11.3 Å². The molecule has 2 N–H and O–H groups in total. The summed E-state index contributed by atoms with van der Waals surface area (Å²) < 4.78 is 86.7. The van der Waals surface area contributed by atoms with Gasteiger partial charge in [-0.25, -0.2) is 40.7 Å². The molecule has 10 nitrogen and oxygen atoms in total. The molecule has 4 aromatic rings. The maximum Gasteiger partial charge on any atom is 0.227 e. The molecule has 246 valence electrons. The second-order valence-electron chi connectivity index (χ2n) is 10.1. The van der Waals surface area contributed by atoms with Gasteiger partial charge in [-0.3, -0.25) is 4.72 Å². The Hall–Kier alpha value is -4.38. The van der Waals surface area contributed by atoms with Crippen molar-refractivity contribution in [3.05, 3.63) is 108 Å². The van der Waals surface area contributed by atoms with Gasteiger partial charge < -0.3 is 15.0 Å². The summed E-state index contributed by atoms with van der Waals surface area (Å²) in [4.78, 5) is 16.1. The number of ether oxygens (including phenoxy) is 1. The van der Waals surface area contributed by atoms with E-state index in [1.54, 1.807) is 30.5 Å². The third-order valence-electron chi connectivity index (χ3n) is 6.68. The van der Waals surface area contributed by atoms with Crippen molar-refractivity contribution < 1.29 is 30.5 Å². The van der Waals surface area contributed by atoms with Crippen LogP contribution in [0.1, 0.15) is 5.69 Å². The highest BCUT2D eigenvalue weighted by Crippen LogP contribution is 2.35. The highest BCUT2D eigenvalue weighted by molar-refractivity contribution is 7.90. The van der Waals surface area contributed by atoms with Crippen LogP contribution in [0.3, 0.4) is 0 Å². The number of halogens is 3. The molecule has 0 amide bonds. The number of allylic oxidation sites excluding steroid dienone is 4. The lowest BCUT2D eigenvalue weighted by molar-refractivity contribution is 0.122. The molecule has 0 saturated carbocycles. The Morgan fingerprint density at radius 2 is 1.85 bits per heavy atom. The lowest BCUT2D eigenvalue weighted by atomic mass is 10.2. The summed E-state index contributed by atoms with van der Waals surface area (Å²) in [6.45, 7) is 5.65. The molecule has 16 heteroatoms. The van der Waals surface area contributed by atoms with Crippen LogP contribution in [0.4, 0.5) is 29.9 Å².